The third-order valence-corrected chi connectivity index (χ3v) is 4.33. The third kappa shape index (κ3) is 4.33. The Morgan fingerprint density at radius 3 is 2.46 bits per heavy atom. The molecule has 0 spiro atoms. The fourth-order valence-electron chi connectivity index (χ4n) is 3.33. The van der Waals surface area contributed by atoms with Crippen LogP contribution in [0.3, 0.4) is 0 Å². The Morgan fingerprint density at radius 2 is 1.88 bits per heavy atom. The molecule has 0 fully saturated rings. The molecule has 0 N–H and O–H groups in total. The largest absolute Gasteiger partial charge is 0.497 e. The standard InChI is InChI=1S/C19H24O7/c1-5-25-17(22)10-14(21)19-15(26-11(2)20)7-6-12-8-13(23-3)9-16(24-4)18(12)19/h8-9,15,19H,5-7,10H2,1-4H3. The minimum absolute atomic E-state index is 0.196. The van der Waals surface area contributed by atoms with Crippen LogP contribution in [0.4, 0.5) is 0 Å². The summed E-state index contributed by atoms with van der Waals surface area (Å²) in [7, 11) is 3.05. The van der Waals surface area contributed by atoms with Crippen LogP contribution in [0.2, 0.25) is 0 Å². The Balaban J connectivity index is 2.46. The monoisotopic (exact) mass is 364 g/mol. The van der Waals surface area contributed by atoms with Crippen LogP contribution in [0.5, 0.6) is 11.5 Å². The van der Waals surface area contributed by atoms with Gasteiger partial charge in [0, 0.05) is 18.6 Å². The Morgan fingerprint density at radius 1 is 1.15 bits per heavy atom. The maximum absolute atomic E-state index is 12.9. The van der Waals surface area contributed by atoms with Crippen molar-refractivity contribution in [3.63, 3.8) is 0 Å². The van der Waals surface area contributed by atoms with Gasteiger partial charge in [0.2, 0.25) is 0 Å². The molecule has 2 rings (SSSR count). The summed E-state index contributed by atoms with van der Waals surface area (Å²) >= 11 is 0. The molecular formula is C19H24O7. The molecule has 7 nitrogen and oxygen atoms in total. The second-order valence-corrected chi connectivity index (χ2v) is 6.01. The number of methoxy groups -OCH3 is 2. The average molecular weight is 364 g/mol. The third-order valence-electron chi connectivity index (χ3n) is 4.33. The van der Waals surface area contributed by atoms with Crippen LogP contribution < -0.4 is 9.47 Å². The number of ether oxygens (including phenoxy) is 4. The van der Waals surface area contributed by atoms with Crippen molar-refractivity contribution in [2.24, 2.45) is 0 Å². The molecule has 1 aromatic rings. The van der Waals surface area contributed by atoms with Gasteiger partial charge < -0.3 is 18.9 Å². The Kier molecular flexibility index (Phi) is 6.60. The minimum atomic E-state index is -0.784. The van der Waals surface area contributed by atoms with E-state index in [1.54, 1.807) is 20.1 Å². The Bertz CT molecular complexity index is 678. The first kappa shape index (κ1) is 19.8. The highest BCUT2D eigenvalue weighted by Crippen LogP contribution is 2.42. The first-order chi connectivity index (χ1) is 12.4. The molecule has 142 valence electrons. The van der Waals surface area contributed by atoms with Gasteiger partial charge in [-0.15, -0.1) is 0 Å². The molecule has 7 heteroatoms. The molecule has 1 aliphatic rings. The normalized spacial score (nSPS) is 18.5. The zero-order valence-corrected chi connectivity index (χ0v) is 15.5. The number of ketones is 1. The molecule has 1 aliphatic carbocycles. The summed E-state index contributed by atoms with van der Waals surface area (Å²) in [4.78, 5) is 36.2. The maximum atomic E-state index is 12.9. The molecule has 0 saturated heterocycles. The predicted octanol–water partition coefficient (Wildman–Crippen LogP) is 2.19. The van der Waals surface area contributed by atoms with E-state index in [0.717, 1.165) is 5.56 Å². The number of aryl methyl sites for hydroxylation is 1. The lowest BCUT2D eigenvalue weighted by molar-refractivity contribution is -0.150. The van der Waals surface area contributed by atoms with E-state index in [1.807, 2.05) is 6.07 Å². The molecule has 0 aliphatic heterocycles. The van der Waals surface area contributed by atoms with Gasteiger partial charge in [0.05, 0.1) is 26.7 Å². The molecular weight excluding hydrogens is 340 g/mol. The SMILES string of the molecule is CCOC(=O)CC(=O)C1c2c(cc(OC)cc2OC)CCC1OC(C)=O. The van der Waals surface area contributed by atoms with E-state index >= 15 is 0 Å². The molecule has 0 radical (unpaired) electrons. The van der Waals surface area contributed by atoms with Crippen molar-refractivity contribution in [3.05, 3.63) is 23.3 Å². The van der Waals surface area contributed by atoms with Crippen molar-refractivity contribution >= 4 is 17.7 Å². The smallest absolute Gasteiger partial charge is 0.313 e. The molecule has 0 aromatic heterocycles. The molecule has 2 unspecified atom stereocenters. The highest BCUT2D eigenvalue weighted by molar-refractivity contribution is 6.00. The highest BCUT2D eigenvalue weighted by Gasteiger charge is 2.40. The Labute approximate surface area is 152 Å². The summed E-state index contributed by atoms with van der Waals surface area (Å²) in [5.41, 5.74) is 1.52. The molecule has 26 heavy (non-hydrogen) atoms. The topological polar surface area (TPSA) is 88.1 Å². The van der Waals surface area contributed by atoms with Crippen molar-refractivity contribution in [1.82, 2.24) is 0 Å². The summed E-state index contributed by atoms with van der Waals surface area (Å²) in [6.07, 6.45) is 0.0427. The van der Waals surface area contributed by atoms with Gasteiger partial charge in [-0.3, -0.25) is 14.4 Å². The van der Waals surface area contributed by atoms with Crippen LogP contribution >= 0.6 is 0 Å². The number of Topliss-reactive ketones (excluding diaryl/α,β-unsaturated/α-hetero) is 1. The van der Waals surface area contributed by atoms with E-state index < -0.39 is 24.0 Å². The maximum Gasteiger partial charge on any atom is 0.313 e. The molecule has 1 aromatic carbocycles. The van der Waals surface area contributed by atoms with Gasteiger partial charge in [-0.1, -0.05) is 0 Å². The molecule has 2 atom stereocenters. The lowest BCUT2D eigenvalue weighted by atomic mass is 9.77. The van der Waals surface area contributed by atoms with Crippen LogP contribution in [-0.4, -0.2) is 44.7 Å². The minimum Gasteiger partial charge on any atom is -0.497 e. The number of carbonyl (C=O) groups is 3. The molecule has 0 saturated carbocycles. The van der Waals surface area contributed by atoms with E-state index in [9.17, 15) is 14.4 Å². The fourth-order valence-corrected chi connectivity index (χ4v) is 3.33. The van der Waals surface area contributed by atoms with Gasteiger partial charge in [-0.2, -0.15) is 0 Å². The van der Waals surface area contributed by atoms with Crippen molar-refractivity contribution in [3.8, 4) is 11.5 Å². The van der Waals surface area contributed by atoms with Crippen molar-refractivity contribution in [2.75, 3.05) is 20.8 Å². The van der Waals surface area contributed by atoms with E-state index in [1.165, 1.54) is 14.0 Å². The number of fused-ring (bicyclic) bond motifs is 1. The fraction of sp³-hybridized carbons (Fsp3) is 0.526. The van der Waals surface area contributed by atoms with Crippen LogP contribution in [0.15, 0.2) is 12.1 Å². The second kappa shape index (κ2) is 8.69. The molecule has 0 amide bonds. The quantitative estimate of drug-likeness (QED) is 0.541. The van der Waals surface area contributed by atoms with Gasteiger partial charge in [0.15, 0.2) is 5.78 Å². The molecule has 0 heterocycles. The van der Waals surface area contributed by atoms with Crippen molar-refractivity contribution in [1.29, 1.82) is 0 Å². The van der Waals surface area contributed by atoms with E-state index in [0.29, 0.717) is 29.9 Å². The number of rotatable bonds is 7. The number of benzene rings is 1. The van der Waals surface area contributed by atoms with E-state index in [4.69, 9.17) is 18.9 Å². The summed E-state index contributed by atoms with van der Waals surface area (Å²) in [6.45, 7) is 3.17. The number of hydrogen-bond acceptors (Lipinski definition) is 7. The summed E-state index contributed by atoms with van der Waals surface area (Å²) < 4.78 is 21.0. The van der Waals surface area contributed by atoms with E-state index in [-0.39, 0.29) is 18.8 Å². The second-order valence-electron chi connectivity index (χ2n) is 6.01. The van der Waals surface area contributed by atoms with E-state index in [2.05, 4.69) is 0 Å². The van der Waals surface area contributed by atoms with Crippen LogP contribution in [0.1, 0.15) is 43.7 Å². The predicted molar refractivity (Wildman–Crippen MR) is 92.4 cm³/mol. The van der Waals surface area contributed by atoms with Gasteiger partial charge in [-0.05, 0) is 31.4 Å². The number of esters is 2. The van der Waals surface area contributed by atoms with Gasteiger partial charge in [0.25, 0.3) is 0 Å². The number of hydrogen-bond donors (Lipinski definition) is 0. The summed E-state index contributed by atoms with van der Waals surface area (Å²) in [6, 6.07) is 3.52. The zero-order valence-electron chi connectivity index (χ0n) is 15.5. The summed E-state index contributed by atoms with van der Waals surface area (Å²) in [5.74, 6) is -1.13. The van der Waals surface area contributed by atoms with Gasteiger partial charge in [-0.25, -0.2) is 0 Å². The van der Waals surface area contributed by atoms with Gasteiger partial charge >= 0.3 is 11.9 Å². The summed E-state index contributed by atoms with van der Waals surface area (Å²) in [5, 5.41) is 0. The Hall–Kier alpha value is -2.57. The zero-order chi connectivity index (χ0) is 19.3. The van der Waals surface area contributed by atoms with Crippen LogP contribution in [0.25, 0.3) is 0 Å². The van der Waals surface area contributed by atoms with Crippen LogP contribution in [-0.2, 0) is 30.3 Å². The molecule has 0 bridgehead atoms. The first-order valence-electron chi connectivity index (χ1n) is 8.51. The van der Waals surface area contributed by atoms with Crippen molar-refractivity contribution < 1.29 is 33.3 Å². The average Bonchev–Trinajstić information content (AvgIpc) is 2.60. The highest BCUT2D eigenvalue weighted by atomic mass is 16.5. The lowest BCUT2D eigenvalue weighted by Crippen LogP contribution is -2.36. The first-order valence-corrected chi connectivity index (χ1v) is 8.51. The van der Waals surface area contributed by atoms with Crippen molar-refractivity contribution in [2.45, 2.75) is 45.1 Å². The van der Waals surface area contributed by atoms with Crippen LogP contribution in [0, 0.1) is 0 Å². The number of carbonyl (C=O) groups excluding carboxylic acids is 3. The van der Waals surface area contributed by atoms with Gasteiger partial charge in [0.1, 0.15) is 24.0 Å². The lowest BCUT2D eigenvalue weighted by Gasteiger charge is -2.33.